The van der Waals surface area contributed by atoms with E-state index in [2.05, 4.69) is 168 Å². The summed E-state index contributed by atoms with van der Waals surface area (Å²) in [6, 6.07) is 60.7. The Morgan fingerprint density at radius 3 is 2.14 bits per heavy atom. The van der Waals surface area contributed by atoms with Gasteiger partial charge in [0.2, 0.25) is 0 Å². The average Bonchev–Trinajstić information content (AvgIpc) is 3.78. The van der Waals surface area contributed by atoms with E-state index in [-0.39, 0.29) is 5.37 Å². The lowest BCUT2D eigenvalue weighted by molar-refractivity contribution is 0.670. The summed E-state index contributed by atoms with van der Waals surface area (Å²) in [5, 5.41) is 11.3. The van der Waals surface area contributed by atoms with Gasteiger partial charge in [0.25, 0.3) is 0 Å². The number of hydrogen-bond donors (Lipinski definition) is 1. The van der Waals surface area contributed by atoms with Gasteiger partial charge in [-0.05, 0) is 64.2 Å². The van der Waals surface area contributed by atoms with E-state index in [0.717, 1.165) is 50.1 Å². The van der Waals surface area contributed by atoms with Crippen molar-refractivity contribution >= 4 is 78.0 Å². The molecule has 232 valence electrons. The summed E-state index contributed by atoms with van der Waals surface area (Å²) in [4.78, 5) is 3.66. The Hall–Kier alpha value is -5.97. The molecule has 0 aliphatic carbocycles. The molecule has 8 aromatic carbocycles. The minimum absolute atomic E-state index is 0.192. The largest absolute Gasteiger partial charge is 0.455 e. The van der Waals surface area contributed by atoms with Crippen LogP contribution in [0.2, 0.25) is 0 Å². The second kappa shape index (κ2) is 11.3. The van der Waals surface area contributed by atoms with E-state index in [1.54, 1.807) is 0 Å². The zero-order valence-electron chi connectivity index (χ0n) is 26.5. The predicted molar refractivity (Wildman–Crippen MR) is 208 cm³/mol. The highest BCUT2D eigenvalue weighted by molar-refractivity contribution is 8.00. The van der Waals surface area contributed by atoms with Crippen LogP contribution < -0.4 is 10.2 Å². The molecule has 3 nitrogen and oxygen atoms in total. The molecule has 1 aliphatic rings. The van der Waals surface area contributed by atoms with Crippen LogP contribution in [0.4, 0.5) is 22.7 Å². The van der Waals surface area contributed by atoms with E-state index < -0.39 is 0 Å². The maximum Gasteiger partial charge on any atom is 0.143 e. The molecule has 0 spiro atoms. The molecule has 1 aromatic heterocycles. The third-order valence-corrected chi connectivity index (χ3v) is 10.9. The summed E-state index contributed by atoms with van der Waals surface area (Å²) in [5.41, 5.74) is 9.78. The summed E-state index contributed by atoms with van der Waals surface area (Å²) >= 11 is 1.89. The van der Waals surface area contributed by atoms with Gasteiger partial charge in [-0.15, -0.1) is 0 Å². The van der Waals surface area contributed by atoms with Crippen LogP contribution in [0.25, 0.3) is 54.6 Å². The average molecular weight is 647 g/mol. The third kappa shape index (κ3) is 4.60. The Balaban J connectivity index is 1.14. The Labute approximate surface area is 288 Å². The Kier molecular flexibility index (Phi) is 6.49. The van der Waals surface area contributed by atoms with Gasteiger partial charge in [0.15, 0.2) is 0 Å². The highest BCUT2D eigenvalue weighted by Crippen LogP contribution is 2.51. The standard InChI is InChI=1S/C45H30N2OS/c1-3-12-30(13-4-1)45-46-43-41(49-45)27-24-29-22-23-31-28-33(25-26-34(31)42(29)43)47(32-14-5-2-6-15-32)39-20-9-7-16-35(39)37-18-11-19-38-36-17-8-10-21-40(36)48-44(37)38/h1-28,45-46H. The van der Waals surface area contributed by atoms with Crippen LogP contribution in [0, 0.1) is 0 Å². The fraction of sp³-hybridized carbons (Fsp3) is 0.0222. The van der Waals surface area contributed by atoms with Gasteiger partial charge in [-0.1, -0.05) is 139 Å². The lowest BCUT2D eigenvalue weighted by Gasteiger charge is -2.28. The third-order valence-electron chi connectivity index (χ3n) is 9.68. The first-order chi connectivity index (χ1) is 24.3. The zero-order chi connectivity index (χ0) is 32.3. The molecule has 49 heavy (non-hydrogen) atoms. The number of hydrogen-bond acceptors (Lipinski definition) is 4. The van der Waals surface area contributed by atoms with Crippen LogP contribution in [0.1, 0.15) is 10.9 Å². The molecule has 1 atom stereocenters. The fourth-order valence-corrected chi connectivity index (χ4v) is 8.58. The van der Waals surface area contributed by atoms with E-state index in [0.29, 0.717) is 0 Å². The SMILES string of the molecule is c1ccc(C2Nc3c(ccc4ccc5cc(N(c6ccccc6)c6ccccc6-c6cccc7c6oc6ccccc67)ccc5c34)S2)cc1. The molecule has 9 aromatic rings. The van der Waals surface area contributed by atoms with Crippen molar-refractivity contribution in [3.63, 3.8) is 0 Å². The van der Waals surface area contributed by atoms with Crippen molar-refractivity contribution in [1.29, 1.82) is 0 Å². The topological polar surface area (TPSA) is 28.4 Å². The molecule has 0 saturated carbocycles. The van der Waals surface area contributed by atoms with Gasteiger partial charge in [-0.25, -0.2) is 0 Å². The second-order valence-electron chi connectivity index (χ2n) is 12.5. The number of rotatable bonds is 5. The molecule has 1 unspecified atom stereocenters. The first kappa shape index (κ1) is 28.1. The maximum absolute atomic E-state index is 6.53. The van der Waals surface area contributed by atoms with Crippen molar-refractivity contribution in [1.82, 2.24) is 0 Å². The number of fused-ring (bicyclic) bond motifs is 8. The second-order valence-corrected chi connectivity index (χ2v) is 13.7. The first-order valence-corrected chi connectivity index (χ1v) is 17.5. The number of para-hydroxylation sites is 4. The van der Waals surface area contributed by atoms with E-state index in [1.165, 1.54) is 37.7 Å². The number of anilines is 4. The molecular weight excluding hydrogens is 617 g/mol. The van der Waals surface area contributed by atoms with E-state index >= 15 is 0 Å². The summed E-state index contributed by atoms with van der Waals surface area (Å²) < 4.78 is 6.53. The Morgan fingerprint density at radius 2 is 1.24 bits per heavy atom. The molecule has 0 radical (unpaired) electrons. The monoisotopic (exact) mass is 646 g/mol. The van der Waals surface area contributed by atoms with E-state index in [9.17, 15) is 0 Å². The molecule has 0 saturated heterocycles. The molecular formula is C45H30N2OS. The molecule has 4 heteroatoms. The number of benzene rings is 8. The van der Waals surface area contributed by atoms with Gasteiger partial charge in [-0.2, -0.15) is 0 Å². The lowest BCUT2D eigenvalue weighted by atomic mass is 9.97. The van der Waals surface area contributed by atoms with Gasteiger partial charge in [-0.3, -0.25) is 0 Å². The summed E-state index contributed by atoms with van der Waals surface area (Å²) in [5.74, 6) is 0. The minimum Gasteiger partial charge on any atom is -0.455 e. The molecule has 1 aliphatic heterocycles. The van der Waals surface area contributed by atoms with E-state index in [4.69, 9.17) is 4.42 Å². The van der Waals surface area contributed by atoms with Crippen molar-refractivity contribution in [2.45, 2.75) is 10.3 Å². The Morgan fingerprint density at radius 1 is 0.531 bits per heavy atom. The van der Waals surface area contributed by atoms with Crippen LogP contribution in [0.5, 0.6) is 0 Å². The van der Waals surface area contributed by atoms with Crippen LogP contribution in [0.15, 0.2) is 179 Å². The van der Waals surface area contributed by atoms with Gasteiger partial charge < -0.3 is 14.6 Å². The van der Waals surface area contributed by atoms with E-state index in [1.807, 2.05) is 23.9 Å². The van der Waals surface area contributed by atoms with Crippen molar-refractivity contribution in [3.8, 4) is 11.1 Å². The molecule has 0 amide bonds. The van der Waals surface area contributed by atoms with Crippen LogP contribution >= 0.6 is 11.8 Å². The molecule has 10 rings (SSSR count). The smallest absolute Gasteiger partial charge is 0.143 e. The Bertz CT molecular complexity index is 2680. The highest BCUT2D eigenvalue weighted by atomic mass is 32.2. The summed E-state index contributed by atoms with van der Waals surface area (Å²) in [7, 11) is 0. The quantitative estimate of drug-likeness (QED) is 0.188. The van der Waals surface area contributed by atoms with Crippen molar-refractivity contribution in [2.24, 2.45) is 0 Å². The highest BCUT2D eigenvalue weighted by Gasteiger charge is 2.26. The number of nitrogens with one attached hydrogen (secondary N) is 1. The van der Waals surface area contributed by atoms with Crippen molar-refractivity contribution in [3.05, 3.63) is 175 Å². The van der Waals surface area contributed by atoms with Crippen molar-refractivity contribution < 1.29 is 4.42 Å². The normalized spacial score (nSPS) is 14.0. The fourth-order valence-electron chi connectivity index (χ4n) is 7.43. The van der Waals surface area contributed by atoms with Gasteiger partial charge in [0, 0.05) is 43.6 Å². The summed E-state index contributed by atoms with van der Waals surface area (Å²) in [6.07, 6.45) is 0. The summed E-state index contributed by atoms with van der Waals surface area (Å²) in [6.45, 7) is 0. The van der Waals surface area contributed by atoms with Crippen molar-refractivity contribution in [2.75, 3.05) is 10.2 Å². The molecule has 2 heterocycles. The lowest BCUT2D eigenvalue weighted by Crippen LogP contribution is -2.11. The molecule has 1 N–H and O–H groups in total. The number of nitrogens with zero attached hydrogens (tertiary/aromatic N) is 1. The van der Waals surface area contributed by atoms with Gasteiger partial charge >= 0.3 is 0 Å². The van der Waals surface area contributed by atoms with Gasteiger partial charge in [0.1, 0.15) is 16.5 Å². The predicted octanol–water partition coefficient (Wildman–Crippen LogP) is 13.2. The van der Waals surface area contributed by atoms with Crippen LogP contribution in [-0.2, 0) is 0 Å². The van der Waals surface area contributed by atoms with Crippen LogP contribution in [-0.4, -0.2) is 0 Å². The number of furan rings is 1. The first-order valence-electron chi connectivity index (χ1n) is 16.6. The zero-order valence-corrected chi connectivity index (χ0v) is 27.3. The number of thioether (sulfide) groups is 1. The molecule has 0 bridgehead atoms. The molecule has 0 fully saturated rings. The van der Waals surface area contributed by atoms with Crippen LogP contribution in [0.3, 0.4) is 0 Å². The van der Waals surface area contributed by atoms with Gasteiger partial charge in [0.05, 0.1) is 11.4 Å². The minimum atomic E-state index is 0.192. The maximum atomic E-state index is 6.53.